The van der Waals surface area contributed by atoms with Gasteiger partial charge in [0.05, 0.1) is 24.4 Å². The second-order valence-electron chi connectivity index (χ2n) is 7.94. The van der Waals surface area contributed by atoms with E-state index in [0.29, 0.717) is 48.7 Å². The third-order valence-electron chi connectivity index (χ3n) is 6.17. The highest BCUT2D eigenvalue weighted by Gasteiger charge is 2.49. The summed E-state index contributed by atoms with van der Waals surface area (Å²) in [5, 5.41) is 0. The van der Waals surface area contributed by atoms with Crippen molar-refractivity contribution in [3.05, 3.63) is 53.2 Å². The van der Waals surface area contributed by atoms with Crippen molar-refractivity contribution in [1.82, 2.24) is 9.80 Å². The number of methoxy groups -OCH3 is 1. The summed E-state index contributed by atoms with van der Waals surface area (Å²) in [7, 11) is 1.53. The first-order valence-corrected chi connectivity index (χ1v) is 9.89. The number of likely N-dealkylation sites (tertiary alicyclic amines) is 2. The maximum Gasteiger partial charge on any atom is 0.257 e. The van der Waals surface area contributed by atoms with Gasteiger partial charge in [-0.3, -0.25) is 9.59 Å². The van der Waals surface area contributed by atoms with Crippen LogP contribution in [0.1, 0.15) is 40.9 Å². The van der Waals surface area contributed by atoms with Gasteiger partial charge in [0, 0.05) is 31.7 Å². The van der Waals surface area contributed by atoms with Gasteiger partial charge in [0.2, 0.25) is 5.91 Å². The number of aryl methyl sites for hydroxylation is 1. The van der Waals surface area contributed by atoms with Crippen molar-refractivity contribution in [3.8, 4) is 5.75 Å². The first-order valence-electron chi connectivity index (χ1n) is 9.89. The Hall–Kier alpha value is -2.83. The zero-order valence-corrected chi connectivity index (χ0v) is 16.7. The summed E-state index contributed by atoms with van der Waals surface area (Å²) in [5.74, 6) is 0.702. The lowest BCUT2D eigenvalue weighted by atomic mass is 9.78. The molecule has 0 saturated carbocycles. The molecule has 2 fully saturated rings. The lowest BCUT2D eigenvalue weighted by Crippen LogP contribution is -2.50. The van der Waals surface area contributed by atoms with E-state index in [9.17, 15) is 14.0 Å². The molecule has 2 aliphatic heterocycles. The van der Waals surface area contributed by atoms with Crippen molar-refractivity contribution in [1.29, 1.82) is 0 Å². The predicted octanol–water partition coefficient (Wildman–Crippen LogP) is 3.39. The standard InChI is InChI=1S/C22H25FN2O4/c1-15-18(6-11-29-15)20(26)25-10-8-22(14-25)7-3-9-24(21(22)27)13-16-12-17(28-2)4-5-19(16)23/h4-6,11-12H,3,7-10,13-14H2,1-2H3. The monoisotopic (exact) mass is 400 g/mol. The van der Waals surface area contributed by atoms with Crippen LogP contribution < -0.4 is 4.74 Å². The molecule has 2 amide bonds. The topological polar surface area (TPSA) is 63.0 Å². The Morgan fingerprint density at radius 3 is 2.83 bits per heavy atom. The molecule has 4 rings (SSSR count). The molecule has 1 unspecified atom stereocenters. The van der Waals surface area contributed by atoms with E-state index >= 15 is 0 Å². The first kappa shape index (κ1) is 19.5. The Morgan fingerprint density at radius 1 is 1.28 bits per heavy atom. The molecule has 1 spiro atoms. The molecule has 0 N–H and O–H groups in total. The molecule has 0 radical (unpaired) electrons. The fourth-order valence-electron chi connectivity index (χ4n) is 4.51. The third kappa shape index (κ3) is 3.50. The SMILES string of the molecule is COc1ccc(F)c(CN2CCCC3(CCN(C(=O)c4ccoc4C)C3)C2=O)c1. The first-order chi connectivity index (χ1) is 13.9. The van der Waals surface area contributed by atoms with E-state index in [1.165, 1.54) is 19.4 Å². The van der Waals surface area contributed by atoms with Crippen LogP contribution in [-0.2, 0) is 11.3 Å². The van der Waals surface area contributed by atoms with Crippen molar-refractivity contribution >= 4 is 11.8 Å². The molecule has 7 heteroatoms. The average molecular weight is 400 g/mol. The number of ether oxygens (including phenoxy) is 1. The van der Waals surface area contributed by atoms with Gasteiger partial charge in [-0.2, -0.15) is 0 Å². The van der Waals surface area contributed by atoms with Crippen molar-refractivity contribution in [3.63, 3.8) is 0 Å². The molecule has 0 bridgehead atoms. The number of carbonyl (C=O) groups excluding carboxylic acids is 2. The van der Waals surface area contributed by atoms with Crippen LogP contribution in [0.2, 0.25) is 0 Å². The van der Waals surface area contributed by atoms with E-state index in [0.717, 1.165) is 12.8 Å². The number of nitrogens with zero attached hydrogens (tertiary/aromatic N) is 2. The van der Waals surface area contributed by atoms with Gasteiger partial charge in [0.1, 0.15) is 17.3 Å². The lowest BCUT2D eigenvalue weighted by molar-refractivity contribution is -0.146. The Morgan fingerprint density at radius 2 is 2.10 bits per heavy atom. The molecule has 1 atom stereocenters. The zero-order chi connectivity index (χ0) is 20.6. The van der Waals surface area contributed by atoms with Crippen LogP contribution in [-0.4, -0.2) is 48.4 Å². The second kappa shape index (κ2) is 7.54. The molecular formula is C22H25FN2O4. The van der Waals surface area contributed by atoms with Crippen LogP contribution in [0.4, 0.5) is 4.39 Å². The van der Waals surface area contributed by atoms with E-state index in [1.54, 1.807) is 34.9 Å². The van der Waals surface area contributed by atoms with Crippen LogP contribution >= 0.6 is 0 Å². The number of carbonyl (C=O) groups is 2. The maximum atomic E-state index is 14.3. The quantitative estimate of drug-likeness (QED) is 0.789. The minimum absolute atomic E-state index is 0.00480. The second-order valence-corrected chi connectivity index (χ2v) is 7.94. The molecule has 1 aromatic heterocycles. The van der Waals surface area contributed by atoms with Crippen molar-refractivity contribution < 1.29 is 23.1 Å². The van der Waals surface area contributed by atoms with Crippen LogP contribution in [0.5, 0.6) is 5.75 Å². The van der Waals surface area contributed by atoms with Crippen molar-refractivity contribution in [2.45, 2.75) is 32.7 Å². The molecular weight excluding hydrogens is 375 g/mol. The smallest absolute Gasteiger partial charge is 0.257 e. The zero-order valence-electron chi connectivity index (χ0n) is 16.7. The molecule has 3 heterocycles. The number of hydrogen-bond acceptors (Lipinski definition) is 4. The van der Waals surface area contributed by atoms with Gasteiger partial charge in [-0.05, 0) is 50.5 Å². The third-order valence-corrected chi connectivity index (χ3v) is 6.17. The van der Waals surface area contributed by atoms with E-state index in [-0.39, 0.29) is 24.2 Å². The molecule has 6 nitrogen and oxygen atoms in total. The number of piperidine rings is 1. The van der Waals surface area contributed by atoms with Crippen LogP contribution in [0.3, 0.4) is 0 Å². The molecule has 1 aromatic carbocycles. The van der Waals surface area contributed by atoms with Crippen LogP contribution in [0.25, 0.3) is 0 Å². The summed E-state index contributed by atoms with van der Waals surface area (Å²) >= 11 is 0. The fraction of sp³-hybridized carbons (Fsp3) is 0.455. The fourth-order valence-corrected chi connectivity index (χ4v) is 4.51. The van der Waals surface area contributed by atoms with E-state index in [2.05, 4.69) is 0 Å². The Labute approximate surface area is 169 Å². The summed E-state index contributed by atoms with van der Waals surface area (Å²) in [5.41, 5.74) is 0.399. The number of rotatable bonds is 4. The number of hydrogen-bond donors (Lipinski definition) is 0. The molecule has 29 heavy (non-hydrogen) atoms. The minimum atomic E-state index is -0.582. The van der Waals surface area contributed by atoms with E-state index in [1.807, 2.05) is 0 Å². The van der Waals surface area contributed by atoms with Gasteiger partial charge in [0.25, 0.3) is 5.91 Å². The highest BCUT2D eigenvalue weighted by molar-refractivity contribution is 5.96. The Bertz CT molecular complexity index is 941. The maximum absolute atomic E-state index is 14.3. The summed E-state index contributed by atoms with van der Waals surface area (Å²) in [6.45, 7) is 3.49. The van der Waals surface area contributed by atoms with Gasteiger partial charge in [0.15, 0.2) is 0 Å². The predicted molar refractivity (Wildman–Crippen MR) is 104 cm³/mol. The highest BCUT2D eigenvalue weighted by Crippen LogP contribution is 2.41. The van der Waals surface area contributed by atoms with Crippen LogP contribution in [0, 0.1) is 18.2 Å². The van der Waals surface area contributed by atoms with Crippen molar-refractivity contribution in [2.75, 3.05) is 26.7 Å². The van der Waals surface area contributed by atoms with Gasteiger partial charge < -0.3 is 19.0 Å². The van der Waals surface area contributed by atoms with Gasteiger partial charge >= 0.3 is 0 Å². The molecule has 2 saturated heterocycles. The number of amides is 2. The largest absolute Gasteiger partial charge is 0.497 e. The van der Waals surface area contributed by atoms with E-state index < -0.39 is 5.41 Å². The summed E-state index contributed by atoms with van der Waals surface area (Å²) in [4.78, 5) is 29.6. The Kier molecular flexibility index (Phi) is 5.06. The molecule has 0 aliphatic carbocycles. The van der Waals surface area contributed by atoms with Gasteiger partial charge in [-0.25, -0.2) is 4.39 Å². The summed E-state index contributed by atoms with van der Waals surface area (Å²) < 4.78 is 24.7. The molecule has 2 aromatic rings. The highest BCUT2D eigenvalue weighted by atomic mass is 19.1. The average Bonchev–Trinajstić information content (AvgIpc) is 3.34. The molecule has 154 valence electrons. The van der Waals surface area contributed by atoms with E-state index in [4.69, 9.17) is 9.15 Å². The number of benzene rings is 1. The number of furan rings is 1. The summed E-state index contributed by atoms with van der Waals surface area (Å²) in [6, 6.07) is 6.23. The van der Waals surface area contributed by atoms with Gasteiger partial charge in [-0.1, -0.05) is 0 Å². The van der Waals surface area contributed by atoms with Crippen molar-refractivity contribution in [2.24, 2.45) is 5.41 Å². The van der Waals surface area contributed by atoms with Gasteiger partial charge in [-0.15, -0.1) is 0 Å². The van der Waals surface area contributed by atoms with Crippen LogP contribution in [0.15, 0.2) is 34.9 Å². The number of halogens is 1. The normalized spacial score (nSPS) is 21.8. The minimum Gasteiger partial charge on any atom is -0.497 e. The summed E-state index contributed by atoms with van der Waals surface area (Å²) in [6.07, 6.45) is 3.72. The Balaban J connectivity index is 1.50. The lowest BCUT2D eigenvalue weighted by Gasteiger charge is -2.39. The molecule has 2 aliphatic rings.